The summed E-state index contributed by atoms with van der Waals surface area (Å²) >= 11 is 0. The number of unbranched alkanes of at least 4 members (excludes halogenated alkanes) is 2. The van der Waals surface area contributed by atoms with Crippen molar-refractivity contribution in [2.45, 2.75) is 26.2 Å². The van der Waals surface area contributed by atoms with Gasteiger partial charge in [0.1, 0.15) is 0 Å². The molecule has 0 heterocycles. The molecule has 56 valence electrons. The summed E-state index contributed by atoms with van der Waals surface area (Å²) in [5.41, 5.74) is 0. The van der Waals surface area contributed by atoms with Crippen LogP contribution in [0, 0.1) is 0 Å². The van der Waals surface area contributed by atoms with Crippen molar-refractivity contribution >= 4 is 0 Å². The minimum Gasteiger partial charge on any atom is -0.288 e. The number of rotatable bonds is 5. The summed E-state index contributed by atoms with van der Waals surface area (Å²) in [6.45, 7) is 2.98. The van der Waals surface area contributed by atoms with Crippen LogP contribution in [0.15, 0.2) is 0 Å². The van der Waals surface area contributed by atoms with Crippen molar-refractivity contribution in [2.75, 3.05) is 13.7 Å². The Morgan fingerprint density at radius 3 is 2.56 bits per heavy atom. The average Bonchev–Trinajstić information content (AvgIpc) is 1.89. The van der Waals surface area contributed by atoms with Gasteiger partial charge in [0, 0.05) is 6.54 Å². The first-order valence-corrected chi connectivity index (χ1v) is 3.37. The van der Waals surface area contributed by atoms with E-state index in [1.54, 1.807) is 7.11 Å². The molecule has 3 nitrogen and oxygen atoms in total. The minimum absolute atomic E-state index is 0.824. The van der Waals surface area contributed by atoms with Gasteiger partial charge in [-0.3, -0.25) is 4.84 Å². The van der Waals surface area contributed by atoms with Crippen molar-refractivity contribution in [3.8, 4) is 0 Å². The number of hydrazine groups is 1. The quantitative estimate of drug-likeness (QED) is 0.343. The Hall–Kier alpha value is -0.120. The molecule has 0 aliphatic rings. The van der Waals surface area contributed by atoms with Gasteiger partial charge in [-0.05, 0) is 6.42 Å². The second kappa shape index (κ2) is 6.01. The van der Waals surface area contributed by atoms with Crippen LogP contribution >= 0.6 is 0 Å². The van der Waals surface area contributed by atoms with E-state index in [4.69, 9.17) is 10.7 Å². The Kier molecular flexibility index (Phi) is 5.93. The smallest absolute Gasteiger partial charge is 0.0591 e. The zero-order chi connectivity index (χ0) is 7.11. The number of nitrogens with zero attached hydrogens (tertiary/aromatic N) is 1. The third-order valence-corrected chi connectivity index (χ3v) is 1.22. The highest BCUT2D eigenvalue weighted by Crippen LogP contribution is 1.93. The standard InChI is InChI=1S/C6H16N2O/c1-3-4-5-6-8(7)9-2/h3-7H2,1-2H3. The van der Waals surface area contributed by atoms with Gasteiger partial charge >= 0.3 is 0 Å². The highest BCUT2D eigenvalue weighted by Gasteiger charge is 1.92. The third kappa shape index (κ3) is 5.76. The van der Waals surface area contributed by atoms with E-state index >= 15 is 0 Å². The van der Waals surface area contributed by atoms with Gasteiger partial charge in [-0.1, -0.05) is 19.8 Å². The SMILES string of the molecule is CCCCCN(N)OC. The van der Waals surface area contributed by atoms with E-state index in [-0.39, 0.29) is 0 Å². The van der Waals surface area contributed by atoms with Gasteiger partial charge in [-0.15, -0.1) is 5.17 Å². The summed E-state index contributed by atoms with van der Waals surface area (Å²) in [4.78, 5) is 4.71. The second-order valence-electron chi connectivity index (χ2n) is 2.03. The van der Waals surface area contributed by atoms with Crippen LogP contribution in [-0.2, 0) is 4.84 Å². The van der Waals surface area contributed by atoms with Gasteiger partial charge in [0.15, 0.2) is 0 Å². The summed E-state index contributed by atoms with van der Waals surface area (Å²) in [6, 6.07) is 0. The molecule has 3 heteroatoms. The summed E-state index contributed by atoms with van der Waals surface area (Å²) in [5, 5.41) is 1.36. The molecule has 0 atom stereocenters. The molecule has 0 bridgehead atoms. The molecule has 0 aromatic heterocycles. The molecule has 0 aliphatic carbocycles. The number of hydrogen-bond acceptors (Lipinski definition) is 3. The molecule has 2 N–H and O–H groups in total. The van der Waals surface area contributed by atoms with E-state index in [9.17, 15) is 0 Å². The second-order valence-corrected chi connectivity index (χ2v) is 2.03. The van der Waals surface area contributed by atoms with Crippen LogP contribution in [0.5, 0.6) is 0 Å². The molecule has 0 fully saturated rings. The zero-order valence-electron chi connectivity index (χ0n) is 6.26. The lowest BCUT2D eigenvalue weighted by molar-refractivity contribution is -0.134. The molecule has 0 unspecified atom stereocenters. The topological polar surface area (TPSA) is 38.5 Å². The fraction of sp³-hybridized carbons (Fsp3) is 1.00. The summed E-state index contributed by atoms with van der Waals surface area (Å²) in [7, 11) is 1.58. The lowest BCUT2D eigenvalue weighted by atomic mass is 10.2. The first kappa shape index (κ1) is 8.88. The highest BCUT2D eigenvalue weighted by atomic mass is 16.7. The Labute approximate surface area is 56.7 Å². The number of nitrogens with two attached hydrogens (primary N) is 1. The normalized spacial score (nSPS) is 10.7. The summed E-state index contributed by atoms with van der Waals surface area (Å²) in [5.74, 6) is 5.32. The van der Waals surface area contributed by atoms with Gasteiger partial charge in [0.25, 0.3) is 0 Å². The van der Waals surface area contributed by atoms with Gasteiger partial charge in [-0.2, -0.15) is 0 Å². The van der Waals surface area contributed by atoms with Crippen molar-refractivity contribution in [2.24, 2.45) is 5.84 Å². The van der Waals surface area contributed by atoms with E-state index in [2.05, 4.69) is 6.92 Å². The first-order valence-electron chi connectivity index (χ1n) is 3.37. The molecule has 0 radical (unpaired) electrons. The maximum absolute atomic E-state index is 5.32. The molecular formula is C6H16N2O. The fourth-order valence-corrected chi connectivity index (χ4v) is 0.609. The predicted molar refractivity (Wildman–Crippen MR) is 37.4 cm³/mol. The lowest BCUT2D eigenvalue weighted by Gasteiger charge is -2.11. The molecule has 0 saturated heterocycles. The molecule has 9 heavy (non-hydrogen) atoms. The van der Waals surface area contributed by atoms with E-state index in [0.29, 0.717) is 0 Å². The van der Waals surface area contributed by atoms with Crippen molar-refractivity contribution < 1.29 is 4.84 Å². The van der Waals surface area contributed by atoms with Gasteiger partial charge in [-0.25, -0.2) is 5.84 Å². The zero-order valence-corrected chi connectivity index (χ0v) is 6.26. The first-order chi connectivity index (χ1) is 4.31. The Morgan fingerprint density at radius 2 is 2.11 bits per heavy atom. The highest BCUT2D eigenvalue weighted by molar-refractivity contribution is 4.38. The lowest BCUT2D eigenvalue weighted by Crippen LogP contribution is -2.30. The summed E-state index contributed by atoms with van der Waals surface area (Å²) in [6.07, 6.45) is 3.55. The van der Waals surface area contributed by atoms with Crippen molar-refractivity contribution in [3.05, 3.63) is 0 Å². The fourth-order valence-electron chi connectivity index (χ4n) is 0.609. The molecule has 0 aliphatic heterocycles. The van der Waals surface area contributed by atoms with Crippen LogP contribution in [0.1, 0.15) is 26.2 Å². The monoisotopic (exact) mass is 132 g/mol. The largest absolute Gasteiger partial charge is 0.288 e. The van der Waals surface area contributed by atoms with E-state index in [0.717, 1.165) is 13.0 Å². The molecule has 0 spiro atoms. The Balaban J connectivity index is 2.88. The molecular weight excluding hydrogens is 116 g/mol. The van der Waals surface area contributed by atoms with Gasteiger partial charge < -0.3 is 0 Å². The molecule has 0 aromatic rings. The van der Waals surface area contributed by atoms with E-state index in [1.165, 1.54) is 18.0 Å². The van der Waals surface area contributed by atoms with Gasteiger partial charge in [0.05, 0.1) is 7.11 Å². The van der Waals surface area contributed by atoms with Crippen LogP contribution in [0.25, 0.3) is 0 Å². The molecule has 0 rings (SSSR count). The van der Waals surface area contributed by atoms with Crippen LogP contribution in [-0.4, -0.2) is 18.8 Å². The van der Waals surface area contributed by atoms with Crippen molar-refractivity contribution in [1.82, 2.24) is 5.17 Å². The minimum atomic E-state index is 0.824. The number of hydroxylamine groups is 1. The van der Waals surface area contributed by atoms with Crippen LogP contribution in [0.3, 0.4) is 0 Å². The van der Waals surface area contributed by atoms with Crippen LogP contribution in [0.2, 0.25) is 0 Å². The Bertz CT molecular complexity index is 59.0. The molecule has 0 saturated carbocycles. The predicted octanol–water partition coefficient (Wildman–Crippen LogP) is 0.914. The Morgan fingerprint density at radius 1 is 1.44 bits per heavy atom. The molecule has 0 aromatic carbocycles. The summed E-state index contributed by atoms with van der Waals surface area (Å²) < 4.78 is 0. The number of hydrogen-bond donors (Lipinski definition) is 1. The average molecular weight is 132 g/mol. The maximum atomic E-state index is 5.32. The van der Waals surface area contributed by atoms with Crippen LogP contribution < -0.4 is 5.84 Å². The molecule has 0 amide bonds. The van der Waals surface area contributed by atoms with E-state index in [1.807, 2.05) is 0 Å². The van der Waals surface area contributed by atoms with Crippen LogP contribution in [0.4, 0.5) is 0 Å². The van der Waals surface area contributed by atoms with Gasteiger partial charge in [0.2, 0.25) is 0 Å². The van der Waals surface area contributed by atoms with Crippen molar-refractivity contribution in [3.63, 3.8) is 0 Å². The third-order valence-electron chi connectivity index (χ3n) is 1.22. The maximum Gasteiger partial charge on any atom is 0.0591 e. The van der Waals surface area contributed by atoms with Crippen molar-refractivity contribution in [1.29, 1.82) is 0 Å². The van der Waals surface area contributed by atoms with E-state index < -0.39 is 0 Å².